The molecule has 2 rings (SSSR count). The summed E-state index contributed by atoms with van der Waals surface area (Å²) in [6, 6.07) is 5.60. The average molecular weight is 269 g/mol. The lowest BCUT2D eigenvalue weighted by molar-refractivity contribution is 0.533. The van der Waals surface area contributed by atoms with Gasteiger partial charge in [0.05, 0.1) is 0 Å². The minimum absolute atomic E-state index is 0.143. The second-order valence-corrected chi connectivity index (χ2v) is 5.82. The molecule has 1 aromatic carbocycles. The van der Waals surface area contributed by atoms with Gasteiger partial charge in [-0.1, -0.05) is 36.7 Å². The Kier molecular flexibility index (Phi) is 3.59. The highest BCUT2D eigenvalue weighted by Gasteiger charge is 2.29. The molecule has 0 bridgehead atoms. The number of halogens is 1. The number of benzene rings is 1. The van der Waals surface area contributed by atoms with Crippen LogP contribution < -0.4 is 11.1 Å². The molecule has 4 heteroatoms. The Labute approximate surface area is 113 Å². The number of rotatable bonds is 3. The predicted molar refractivity (Wildman–Crippen MR) is 77.8 cm³/mol. The van der Waals surface area contributed by atoms with E-state index in [0.29, 0.717) is 10.0 Å². The molecule has 1 saturated carbocycles. The fourth-order valence-electron chi connectivity index (χ4n) is 2.44. The number of nitrogens with one attached hydrogen (secondary N) is 1. The van der Waals surface area contributed by atoms with Crippen LogP contribution in [0.5, 0.6) is 0 Å². The summed E-state index contributed by atoms with van der Waals surface area (Å²) >= 11 is 11.1. The molecule has 1 fully saturated rings. The first-order valence-corrected chi connectivity index (χ1v) is 6.66. The van der Waals surface area contributed by atoms with Crippen molar-refractivity contribution in [1.29, 1.82) is 0 Å². The van der Waals surface area contributed by atoms with Gasteiger partial charge in [-0.05, 0) is 38.0 Å². The molecule has 0 aromatic heterocycles. The number of anilines is 1. The maximum Gasteiger partial charge on any atom is 0.106 e. The van der Waals surface area contributed by atoms with E-state index in [2.05, 4.69) is 12.2 Å². The van der Waals surface area contributed by atoms with Crippen LogP contribution in [0.3, 0.4) is 0 Å². The van der Waals surface area contributed by atoms with Crippen LogP contribution in [-0.4, -0.2) is 10.5 Å². The van der Waals surface area contributed by atoms with Gasteiger partial charge in [0, 0.05) is 21.8 Å². The molecule has 0 saturated heterocycles. The van der Waals surface area contributed by atoms with Gasteiger partial charge in [-0.3, -0.25) is 0 Å². The molecule has 0 spiro atoms. The minimum atomic E-state index is 0.143. The van der Waals surface area contributed by atoms with Crippen molar-refractivity contribution in [1.82, 2.24) is 0 Å². The summed E-state index contributed by atoms with van der Waals surface area (Å²) < 4.78 is 0. The molecule has 92 valence electrons. The Balaban J connectivity index is 2.30. The number of hydrogen-bond acceptors (Lipinski definition) is 2. The molecular formula is C13H17ClN2S. The van der Waals surface area contributed by atoms with Gasteiger partial charge in [0.1, 0.15) is 4.99 Å². The summed E-state index contributed by atoms with van der Waals surface area (Å²) in [4.78, 5) is 0.408. The third-order valence-corrected chi connectivity index (χ3v) is 3.85. The molecule has 0 radical (unpaired) electrons. The van der Waals surface area contributed by atoms with Crippen LogP contribution in [0, 0.1) is 0 Å². The normalized spacial score (nSPS) is 18.0. The SMILES string of the molecule is CC1(Nc2cc(Cl)ccc2C(N)=S)CCCC1. The molecule has 17 heavy (non-hydrogen) atoms. The van der Waals surface area contributed by atoms with Crippen molar-refractivity contribution in [3.05, 3.63) is 28.8 Å². The molecule has 1 aliphatic carbocycles. The first kappa shape index (κ1) is 12.7. The van der Waals surface area contributed by atoms with Crippen LogP contribution in [-0.2, 0) is 0 Å². The maximum atomic E-state index is 6.03. The third-order valence-electron chi connectivity index (χ3n) is 3.39. The van der Waals surface area contributed by atoms with Gasteiger partial charge in [0.25, 0.3) is 0 Å². The van der Waals surface area contributed by atoms with E-state index in [1.54, 1.807) is 0 Å². The van der Waals surface area contributed by atoms with Gasteiger partial charge in [-0.2, -0.15) is 0 Å². The van der Waals surface area contributed by atoms with Gasteiger partial charge < -0.3 is 11.1 Å². The molecule has 0 aliphatic heterocycles. The Hall–Kier alpha value is -0.800. The van der Waals surface area contributed by atoms with Crippen molar-refractivity contribution in [2.24, 2.45) is 5.73 Å². The second-order valence-electron chi connectivity index (χ2n) is 4.95. The summed E-state index contributed by atoms with van der Waals surface area (Å²) in [5.74, 6) is 0. The van der Waals surface area contributed by atoms with Gasteiger partial charge in [-0.15, -0.1) is 0 Å². The Morgan fingerprint density at radius 2 is 2.06 bits per heavy atom. The number of hydrogen-bond donors (Lipinski definition) is 2. The zero-order chi connectivity index (χ0) is 12.5. The maximum absolute atomic E-state index is 6.03. The number of nitrogens with two attached hydrogens (primary N) is 1. The van der Waals surface area contributed by atoms with E-state index in [9.17, 15) is 0 Å². The van der Waals surface area contributed by atoms with Crippen LogP contribution in [0.4, 0.5) is 5.69 Å². The quantitative estimate of drug-likeness (QED) is 0.821. The second kappa shape index (κ2) is 4.83. The lowest BCUT2D eigenvalue weighted by Crippen LogP contribution is -2.32. The molecular weight excluding hydrogens is 252 g/mol. The Morgan fingerprint density at radius 1 is 1.41 bits per heavy atom. The van der Waals surface area contributed by atoms with E-state index in [0.717, 1.165) is 11.3 Å². The van der Waals surface area contributed by atoms with Crippen molar-refractivity contribution in [3.63, 3.8) is 0 Å². The van der Waals surface area contributed by atoms with Crippen molar-refractivity contribution in [3.8, 4) is 0 Å². The van der Waals surface area contributed by atoms with Crippen molar-refractivity contribution < 1.29 is 0 Å². The van der Waals surface area contributed by atoms with Crippen LogP contribution in [0.25, 0.3) is 0 Å². The molecule has 0 atom stereocenters. The van der Waals surface area contributed by atoms with E-state index >= 15 is 0 Å². The van der Waals surface area contributed by atoms with Gasteiger partial charge in [0.15, 0.2) is 0 Å². The van der Waals surface area contributed by atoms with E-state index < -0.39 is 0 Å². The Bertz CT molecular complexity index is 439. The molecule has 0 amide bonds. The van der Waals surface area contributed by atoms with Crippen LogP contribution in [0.2, 0.25) is 5.02 Å². The van der Waals surface area contributed by atoms with Crippen LogP contribution >= 0.6 is 23.8 Å². The van der Waals surface area contributed by atoms with E-state index in [-0.39, 0.29) is 5.54 Å². The zero-order valence-corrected chi connectivity index (χ0v) is 11.5. The summed E-state index contributed by atoms with van der Waals surface area (Å²) in [7, 11) is 0. The summed E-state index contributed by atoms with van der Waals surface area (Å²) in [6.45, 7) is 2.24. The van der Waals surface area contributed by atoms with Gasteiger partial charge in [-0.25, -0.2) is 0 Å². The average Bonchev–Trinajstić information content (AvgIpc) is 2.64. The summed E-state index contributed by atoms with van der Waals surface area (Å²) in [5.41, 5.74) is 7.70. The smallest absolute Gasteiger partial charge is 0.106 e. The topological polar surface area (TPSA) is 38.0 Å². The minimum Gasteiger partial charge on any atom is -0.389 e. The molecule has 2 nitrogen and oxygen atoms in total. The van der Waals surface area contributed by atoms with E-state index in [1.807, 2.05) is 18.2 Å². The lowest BCUT2D eigenvalue weighted by Gasteiger charge is -2.28. The van der Waals surface area contributed by atoms with Crippen molar-refractivity contribution in [2.45, 2.75) is 38.1 Å². The molecule has 3 N–H and O–H groups in total. The predicted octanol–water partition coefficient (Wildman–Crippen LogP) is 3.72. The highest BCUT2D eigenvalue weighted by atomic mass is 35.5. The van der Waals surface area contributed by atoms with E-state index in [4.69, 9.17) is 29.6 Å². The molecule has 0 heterocycles. The first-order valence-electron chi connectivity index (χ1n) is 5.88. The summed E-state index contributed by atoms with van der Waals surface area (Å²) in [5, 5.41) is 4.26. The largest absolute Gasteiger partial charge is 0.389 e. The molecule has 0 unspecified atom stereocenters. The van der Waals surface area contributed by atoms with Crippen LogP contribution in [0.1, 0.15) is 38.2 Å². The van der Waals surface area contributed by atoms with Crippen molar-refractivity contribution in [2.75, 3.05) is 5.32 Å². The van der Waals surface area contributed by atoms with Gasteiger partial charge in [0.2, 0.25) is 0 Å². The fraction of sp³-hybridized carbons (Fsp3) is 0.462. The monoisotopic (exact) mass is 268 g/mol. The zero-order valence-electron chi connectivity index (χ0n) is 9.92. The third kappa shape index (κ3) is 2.90. The highest BCUT2D eigenvalue weighted by Crippen LogP contribution is 2.34. The van der Waals surface area contributed by atoms with Crippen molar-refractivity contribution >= 4 is 34.5 Å². The highest BCUT2D eigenvalue weighted by molar-refractivity contribution is 7.80. The molecule has 1 aromatic rings. The number of thiocarbonyl (C=S) groups is 1. The fourth-order valence-corrected chi connectivity index (χ4v) is 2.79. The van der Waals surface area contributed by atoms with E-state index in [1.165, 1.54) is 25.7 Å². The standard InChI is InChI=1S/C13H17ClN2S/c1-13(6-2-3-7-13)16-11-8-9(14)4-5-10(11)12(15)17/h4-5,8,16H,2-3,6-7H2,1H3,(H2,15,17). The van der Waals surface area contributed by atoms with Crippen LogP contribution in [0.15, 0.2) is 18.2 Å². The first-order chi connectivity index (χ1) is 8.00. The Morgan fingerprint density at radius 3 is 2.65 bits per heavy atom. The van der Waals surface area contributed by atoms with Gasteiger partial charge >= 0.3 is 0 Å². The summed E-state index contributed by atoms with van der Waals surface area (Å²) in [6.07, 6.45) is 4.89. The molecule has 1 aliphatic rings. The lowest BCUT2D eigenvalue weighted by atomic mass is 9.99.